The second-order valence-corrected chi connectivity index (χ2v) is 8.64. The number of hydrogen-bond donors (Lipinski definition) is 2. The summed E-state index contributed by atoms with van der Waals surface area (Å²) in [6.07, 6.45) is 0.802. The summed E-state index contributed by atoms with van der Waals surface area (Å²) in [7, 11) is 0. The summed E-state index contributed by atoms with van der Waals surface area (Å²) in [5.41, 5.74) is 7.44. The number of urea groups is 1. The number of H-pyrrole nitrogens is 1. The zero-order valence-electron chi connectivity index (χ0n) is 17.6. The highest BCUT2D eigenvalue weighted by atomic mass is 35.5. The molecule has 4 aromatic rings. The molecule has 0 spiro atoms. The highest BCUT2D eigenvalue weighted by molar-refractivity contribution is 6.33. The summed E-state index contributed by atoms with van der Waals surface area (Å²) < 4.78 is 0. The van der Waals surface area contributed by atoms with E-state index in [9.17, 15) is 4.79 Å². The van der Waals surface area contributed by atoms with Gasteiger partial charge in [0.1, 0.15) is 0 Å². The summed E-state index contributed by atoms with van der Waals surface area (Å²) in [5.74, 6) is 0. The van der Waals surface area contributed by atoms with Crippen LogP contribution in [0.2, 0.25) is 5.02 Å². The fourth-order valence-electron chi connectivity index (χ4n) is 4.46. The van der Waals surface area contributed by atoms with Gasteiger partial charge in [0.05, 0.1) is 16.8 Å². The molecule has 2 amide bonds. The number of rotatable bonds is 2. The van der Waals surface area contributed by atoms with Gasteiger partial charge in [0.15, 0.2) is 0 Å². The van der Waals surface area contributed by atoms with Gasteiger partial charge in [-0.3, -0.25) is 0 Å². The number of para-hydroxylation sites is 1. The van der Waals surface area contributed by atoms with Gasteiger partial charge in [-0.15, -0.1) is 0 Å². The molecule has 31 heavy (non-hydrogen) atoms. The Kier molecular flexibility index (Phi) is 4.95. The Balaban J connectivity index is 1.57. The van der Waals surface area contributed by atoms with Gasteiger partial charge in [-0.1, -0.05) is 65.7 Å². The number of aryl methyl sites for hydroxylation is 2. The van der Waals surface area contributed by atoms with E-state index in [1.165, 1.54) is 16.5 Å². The molecule has 5 heteroatoms. The molecule has 0 fully saturated rings. The maximum absolute atomic E-state index is 13.4. The highest BCUT2D eigenvalue weighted by Gasteiger charge is 2.34. The second-order valence-electron chi connectivity index (χ2n) is 8.23. The van der Waals surface area contributed by atoms with E-state index in [4.69, 9.17) is 11.6 Å². The first-order chi connectivity index (χ1) is 15.0. The first kappa shape index (κ1) is 19.7. The van der Waals surface area contributed by atoms with Crippen LogP contribution in [-0.2, 0) is 6.42 Å². The standard InChI is InChI=1S/C26H24ClN3O/c1-16-7-10-18(11-8-16)25-24-20(19-5-3-4-6-22(19)28-24)13-14-30(25)26(31)29-23-12-9-17(2)15-21(23)27/h3-12,15,25,28H,13-14H2,1-2H3,(H,29,31). The summed E-state index contributed by atoms with van der Waals surface area (Å²) in [5, 5.41) is 4.80. The van der Waals surface area contributed by atoms with Gasteiger partial charge in [0, 0.05) is 23.1 Å². The number of halogens is 1. The van der Waals surface area contributed by atoms with Crippen molar-refractivity contribution in [1.29, 1.82) is 0 Å². The molecule has 5 rings (SSSR count). The first-order valence-corrected chi connectivity index (χ1v) is 10.9. The molecule has 2 heterocycles. The van der Waals surface area contributed by atoms with E-state index >= 15 is 0 Å². The largest absolute Gasteiger partial charge is 0.356 e. The molecule has 0 bridgehead atoms. The predicted octanol–water partition coefficient (Wildman–Crippen LogP) is 6.62. The zero-order chi connectivity index (χ0) is 21.5. The molecular weight excluding hydrogens is 406 g/mol. The van der Waals surface area contributed by atoms with Crippen molar-refractivity contribution < 1.29 is 4.79 Å². The topological polar surface area (TPSA) is 48.1 Å². The monoisotopic (exact) mass is 429 g/mol. The minimum absolute atomic E-state index is 0.152. The van der Waals surface area contributed by atoms with Crippen LogP contribution in [0.3, 0.4) is 0 Å². The number of nitrogens with zero attached hydrogens (tertiary/aromatic N) is 1. The van der Waals surface area contributed by atoms with Crippen molar-refractivity contribution in [1.82, 2.24) is 9.88 Å². The van der Waals surface area contributed by atoms with Crippen molar-refractivity contribution >= 4 is 34.2 Å². The molecular formula is C26H24ClN3O. The van der Waals surface area contributed by atoms with E-state index in [0.717, 1.165) is 28.8 Å². The van der Waals surface area contributed by atoms with Crippen LogP contribution in [-0.4, -0.2) is 22.5 Å². The molecule has 0 aliphatic carbocycles. The average molecular weight is 430 g/mol. The number of hydrogen-bond acceptors (Lipinski definition) is 1. The quantitative estimate of drug-likeness (QED) is 0.369. The van der Waals surface area contributed by atoms with Crippen molar-refractivity contribution in [3.05, 3.63) is 99.7 Å². The number of anilines is 1. The lowest BCUT2D eigenvalue weighted by Crippen LogP contribution is -2.43. The van der Waals surface area contributed by atoms with E-state index in [-0.39, 0.29) is 12.1 Å². The van der Waals surface area contributed by atoms with Gasteiger partial charge in [0.2, 0.25) is 0 Å². The highest BCUT2D eigenvalue weighted by Crippen LogP contribution is 2.39. The molecule has 3 aromatic carbocycles. The Morgan fingerprint density at radius 1 is 1.03 bits per heavy atom. The normalized spacial score (nSPS) is 15.7. The van der Waals surface area contributed by atoms with Crippen LogP contribution in [0, 0.1) is 13.8 Å². The van der Waals surface area contributed by atoms with Crippen LogP contribution in [0.1, 0.15) is 34.0 Å². The molecule has 1 atom stereocenters. The van der Waals surface area contributed by atoms with E-state index in [1.54, 1.807) is 0 Å². The van der Waals surface area contributed by atoms with E-state index in [1.807, 2.05) is 36.1 Å². The van der Waals surface area contributed by atoms with E-state index in [2.05, 4.69) is 59.7 Å². The molecule has 1 aromatic heterocycles. The number of carbonyl (C=O) groups is 1. The van der Waals surface area contributed by atoms with Crippen LogP contribution in [0.25, 0.3) is 10.9 Å². The lowest BCUT2D eigenvalue weighted by atomic mass is 9.92. The minimum Gasteiger partial charge on any atom is -0.356 e. The van der Waals surface area contributed by atoms with Gasteiger partial charge >= 0.3 is 6.03 Å². The molecule has 0 radical (unpaired) electrons. The number of benzene rings is 3. The maximum atomic E-state index is 13.4. The Hall–Kier alpha value is -3.24. The second kappa shape index (κ2) is 7.78. The number of amides is 2. The van der Waals surface area contributed by atoms with Gasteiger partial charge < -0.3 is 15.2 Å². The zero-order valence-corrected chi connectivity index (χ0v) is 18.3. The van der Waals surface area contributed by atoms with E-state index in [0.29, 0.717) is 17.3 Å². The van der Waals surface area contributed by atoms with Crippen molar-refractivity contribution in [2.24, 2.45) is 0 Å². The van der Waals surface area contributed by atoms with Crippen molar-refractivity contribution in [2.75, 3.05) is 11.9 Å². The third-order valence-corrected chi connectivity index (χ3v) is 6.37. The predicted molar refractivity (Wildman–Crippen MR) is 127 cm³/mol. The summed E-state index contributed by atoms with van der Waals surface area (Å²) in [6, 6.07) is 22.1. The van der Waals surface area contributed by atoms with Crippen LogP contribution in [0.5, 0.6) is 0 Å². The van der Waals surface area contributed by atoms with Gasteiger partial charge in [0.25, 0.3) is 0 Å². The molecule has 4 nitrogen and oxygen atoms in total. The fourth-order valence-corrected chi connectivity index (χ4v) is 4.75. The first-order valence-electron chi connectivity index (χ1n) is 10.5. The van der Waals surface area contributed by atoms with Crippen molar-refractivity contribution in [3.8, 4) is 0 Å². The SMILES string of the molecule is Cc1ccc(C2c3[nH]c4ccccc4c3CCN2C(=O)Nc2ccc(C)cc2Cl)cc1. The lowest BCUT2D eigenvalue weighted by Gasteiger charge is -2.36. The minimum atomic E-state index is -0.194. The number of fused-ring (bicyclic) bond motifs is 3. The molecule has 1 aliphatic rings. The molecule has 1 unspecified atom stereocenters. The molecule has 156 valence electrons. The molecule has 0 saturated carbocycles. The number of aromatic nitrogens is 1. The summed E-state index contributed by atoms with van der Waals surface area (Å²) in [6.45, 7) is 4.68. The Bertz CT molecular complexity index is 1280. The van der Waals surface area contributed by atoms with Crippen LogP contribution < -0.4 is 5.32 Å². The molecule has 2 N–H and O–H groups in total. The smallest absolute Gasteiger partial charge is 0.322 e. The summed E-state index contributed by atoms with van der Waals surface area (Å²) in [4.78, 5) is 18.9. The van der Waals surface area contributed by atoms with Crippen LogP contribution >= 0.6 is 11.6 Å². The number of aromatic amines is 1. The third kappa shape index (κ3) is 3.57. The van der Waals surface area contributed by atoms with Crippen LogP contribution in [0.4, 0.5) is 10.5 Å². The van der Waals surface area contributed by atoms with E-state index < -0.39 is 0 Å². The lowest BCUT2D eigenvalue weighted by molar-refractivity contribution is 0.193. The van der Waals surface area contributed by atoms with Gasteiger partial charge in [-0.2, -0.15) is 0 Å². The average Bonchev–Trinajstić information content (AvgIpc) is 3.14. The number of carbonyl (C=O) groups excluding carboxylic acids is 1. The number of nitrogens with one attached hydrogen (secondary N) is 2. The Morgan fingerprint density at radius 2 is 1.77 bits per heavy atom. The third-order valence-electron chi connectivity index (χ3n) is 6.05. The fraction of sp³-hybridized carbons (Fsp3) is 0.192. The maximum Gasteiger partial charge on any atom is 0.322 e. The summed E-state index contributed by atoms with van der Waals surface area (Å²) >= 11 is 6.38. The molecule has 0 saturated heterocycles. The van der Waals surface area contributed by atoms with Crippen molar-refractivity contribution in [2.45, 2.75) is 26.3 Å². The van der Waals surface area contributed by atoms with Crippen molar-refractivity contribution in [3.63, 3.8) is 0 Å². The van der Waals surface area contributed by atoms with Gasteiger partial charge in [-0.05, 0) is 55.2 Å². The Morgan fingerprint density at radius 3 is 2.55 bits per heavy atom. The Labute approximate surface area is 186 Å². The van der Waals surface area contributed by atoms with Crippen LogP contribution in [0.15, 0.2) is 66.7 Å². The van der Waals surface area contributed by atoms with Gasteiger partial charge in [-0.25, -0.2) is 4.79 Å². The molecule has 1 aliphatic heterocycles.